The molecule has 1 aromatic heterocycles. The molecule has 0 N–H and O–H groups in total. The lowest BCUT2D eigenvalue weighted by Crippen LogP contribution is -2.51. The molecule has 8 heteroatoms. The van der Waals surface area contributed by atoms with Crippen molar-refractivity contribution in [2.24, 2.45) is 17.8 Å². The van der Waals surface area contributed by atoms with Crippen molar-refractivity contribution in [2.75, 3.05) is 0 Å². The zero-order chi connectivity index (χ0) is 14.8. The second-order valence-electron chi connectivity index (χ2n) is 6.92. The molecule has 8 nitrogen and oxygen atoms in total. The van der Waals surface area contributed by atoms with E-state index in [1.807, 2.05) is 0 Å². The first-order valence-corrected chi connectivity index (χ1v) is 7.35. The second-order valence-corrected chi connectivity index (χ2v) is 6.92. The summed E-state index contributed by atoms with van der Waals surface area (Å²) in [6, 6.07) is 0. The van der Waals surface area contributed by atoms with Crippen LogP contribution in [0, 0.1) is 38.0 Å². The Balaban J connectivity index is 1.83. The summed E-state index contributed by atoms with van der Waals surface area (Å²) in [4.78, 5) is 24.6. The molecule has 0 spiro atoms. The van der Waals surface area contributed by atoms with Crippen LogP contribution in [0.4, 0.5) is 11.6 Å². The fourth-order valence-electron chi connectivity index (χ4n) is 5.34. The van der Waals surface area contributed by atoms with Gasteiger partial charge in [-0.2, -0.15) is 4.57 Å². The molecule has 4 saturated carbocycles. The molecule has 1 heterocycles. The topological polar surface area (TPSA) is 104 Å². The Labute approximate surface area is 120 Å². The van der Waals surface area contributed by atoms with Crippen molar-refractivity contribution < 1.29 is 9.85 Å². The molecule has 5 rings (SSSR count). The van der Waals surface area contributed by atoms with Gasteiger partial charge in [0.25, 0.3) is 6.33 Å². The lowest BCUT2D eigenvalue weighted by atomic mass is 9.53. The number of nitrogens with zero attached hydrogens (tertiary/aromatic N) is 4. The molecule has 4 aliphatic carbocycles. The molecule has 0 saturated heterocycles. The monoisotopic (exact) mass is 292 g/mol. The first-order valence-electron chi connectivity index (χ1n) is 7.35. The van der Waals surface area contributed by atoms with Gasteiger partial charge >= 0.3 is 11.6 Å². The Kier molecular flexibility index (Phi) is 2.44. The third kappa shape index (κ3) is 1.71. The van der Waals surface area contributed by atoms with E-state index in [4.69, 9.17) is 0 Å². The van der Waals surface area contributed by atoms with Gasteiger partial charge in [-0.3, -0.25) is 0 Å². The number of rotatable bonds is 3. The van der Waals surface area contributed by atoms with Gasteiger partial charge in [-0.1, -0.05) is 0 Å². The van der Waals surface area contributed by atoms with Crippen LogP contribution in [0.2, 0.25) is 0 Å². The Morgan fingerprint density at radius 3 is 2.00 bits per heavy atom. The summed E-state index contributed by atoms with van der Waals surface area (Å²) in [7, 11) is 0. The normalized spacial score (nSPS) is 36.9. The summed E-state index contributed by atoms with van der Waals surface area (Å²) in [5.74, 6) is 0.754. The molecule has 0 aromatic carbocycles. The highest BCUT2D eigenvalue weighted by Gasteiger charge is 2.57. The Morgan fingerprint density at radius 2 is 1.57 bits per heavy atom. The van der Waals surface area contributed by atoms with Crippen LogP contribution in [-0.2, 0) is 5.54 Å². The van der Waals surface area contributed by atoms with Gasteiger partial charge in [0.15, 0.2) is 0 Å². The largest absolute Gasteiger partial charge is 0.462 e. The van der Waals surface area contributed by atoms with E-state index in [1.54, 1.807) is 0 Å². The van der Waals surface area contributed by atoms with Crippen molar-refractivity contribution in [1.82, 2.24) is 9.55 Å². The Morgan fingerprint density at radius 1 is 1.05 bits per heavy atom. The van der Waals surface area contributed by atoms with Crippen molar-refractivity contribution in [2.45, 2.75) is 44.1 Å². The summed E-state index contributed by atoms with van der Waals surface area (Å²) in [5.41, 5.74) is -0.321. The summed E-state index contributed by atoms with van der Waals surface area (Å²) in [6.07, 6.45) is 7.65. The molecule has 4 aliphatic rings. The van der Waals surface area contributed by atoms with E-state index in [1.165, 1.54) is 30.2 Å². The van der Waals surface area contributed by atoms with Crippen molar-refractivity contribution in [3.63, 3.8) is 0 Å². The van der Waals surface area contributed by atoms with Gasteiger partial charge in [0.1, 0.15) is 5.54 Å². The van der Waals surface area contributed by atoms with Crippen molar-refractivity contribution in [3.8, 4) is 0 Å². The van der Waals surface area contributed by atoms with E-state index >= 15 is 0 Å². The minimum atomic E-state index is -0.755. The number of hydrogen-bond acceptors (Lipinski definition) is 5. The zero-order valence-corrected chi connectivity index (χ0v) is 11.5. The molecule has 21 heavy (non-hydrogen) atoms. The van der Waals surface area contributed by atoms with Crippen LogP contribution in [-0.4, -0.2) is 19.4 Å². The van der Waals surface area contributed by atoms with E-state index in [0.29, 0.717) is 17.8 Å². The maximum absolute atomic E-state index is 11.3. The fraction of sp³-hybridized carbons (Fsp3) is 0.769. The lowest BCUT2D eigenvalue weighted by Gasteiger charge is -2.54. The van der Waals surface area contributed by atoms with Gasteiger partial charge in [-0.05, 0) is 66.1 Å². The number of aromatic nitrogens is 2. The lowest BCUT2D eigenvalue weighted by molar-refractivity contribution is -0.429. The van der Waals surface area contributed by atoms with Crippen LogP contribution < -0.4 is 0 Å². The highest BCUT2D eigenvalue weighted by atomic mass is 16.6. The van der Waals surface area contributed by atoms with Gasteiger partial charge in [-0.15, -0.1) is 0 Å². The first kappa shape index (κ1) is 12.7. The van der Waals surface area contributed by atoms with E-state index in [2.05, 4.69) is 4.98 Å². The van der Waals surface area contributed by atoms with Gasteiger partial charge in [0.2, 0.25) is 0 Å². The van der Waals surface area contributed by atoms with Crippen LogP contribution in [0.5, 0.6) is 0 Å². The van der Waals surface area contributed by atoms with Gasteiger partial charge in [0, 0.05) is 4.98 Å². The highest BCUT2D eigenvalue weighted by molar-refractivity contribution is 5.42. The van der Waals surface area contributed by atoms with Crippen molar-refractivity contribution in [1.29, 1.82) is 0 Å². The third-order valence-electron chi connectivity index (χ3n) is 5.59. The number of imidazole rings is 1. The number of hydrogen-bond donors (Lipinski definition) is 0. The van der Waals surface area contributed by atoms with Crippen molar-refractivity contribution in [3.05, 3.63) is 26.6 Å². The van der Waals surface area contributed by atoms with E-state index < -0.39 is 21.5 Å². The predicted octanol–water partition coefficient (Wildman–Crippen LogP) is 2.62. The van der Waals surface area contributed by atoms with Crippen LogP contribution in [0.25, 0.3) is 0 Å². The quantitative estimate of drug-likeness (QED) is 0.629. The maximum Gasteiger partial charge on any atom is 0.462 e. The van der Waals surface area contributed by atoms with Gasteiger partial charge < -0.3 is 20.2 Å². The van der Waals surface area contributed by atoms with Crippen LogP contribution in [0.15, 0.2) is 6.33 Å². The Hall–Kier alpha value is -1.99. The molecular weight excluding hydrogens is 276 g/mol. The standard InChI is InChI=1S/C13H16N4O4/c18-16(19)11-12(17(20)21)15(7-14-11)13-4-8-1-9(5-13)3-10(2-8)6-13/h7-10H,1-6H2. The minimum Gasteiger partial charge on any atom is -0.358 e. The number of nitro groups is 2. The van der Waals surface area contributed by atoms with Crippen molar-refractivity contribution >= 4 is 11.6 Å². The van der Waals surface area contributed by atoms with Crippen LogP contribution in [0.1, 0.15) is 38.5 Å². The summed E-state index contributed by atoms with van der Waals surface area (Å²) in [5, 5.41) is 22.3. The molecule has 4 bridgehead atoms. The average Bonchev–Trinajstić information content (AvgIpc) is 2.82. The molecule has 0 aliphatic heterocycles. The van der Waals surface area contributed by atoms with Crippen LogP contribution >= 0.6 is 0 Å². The highest BCUT2D eigenvalue weighted by Crippen LogP contribution is 2.59. The van der Waals surface area contributed by atoms with Gasteiger partial charge in [0.05, 0.1) is 0 Å². The fourth-order valence-corrected chi connectivity index (χ4v) is 5.34. The molecule has 1 aromatic rings. The minimum absolute atomic E-state index is 0.321. The molecule has 4 fully saturated rings. The first-order chi connectivity index (χ1) is 9.98. The molecule has 0 unspecified atom stereocenters. The Bertz CT molecular complexity index is 603. The van der Waals surface area contributed by atoms with E-state index in [9.17, 15) is 20.2 Å². The zero-order valence-electron chi connectivity index (χ0n) is 11.5. The molecule has 0 amide bonds. The van der Waals surface area contributed by atoms with E-state index in [0.717, 1.165) is 19.3 Å². The molecule has 112 valence electrons. The average molecular weight is 292 g/mol. The molecule has 0 radical (unpaired) electrons. The second kappa shape index (κ2) is 4.02. The predicted molar refractivity (Wildman–Crippen MR) is 71.7 cm³/mol. The maximum atomic E-state index is 11.3. The molecular formula is C13H16N4O4. The molecule has 0 atom stereocenters. The SMILES string of the molecule is O=[N+]([O-])c1ncn(C23CC4CC(CC(C4)C2)C3)c1[N+](=O)[O-]. The summed E-state index contributed by atoms with van der Waals surface area (Å²) in [6.45, 7) is 0. The van der Waals surface area contributed by atoms with Gasteiger partial charge in [-0.25, -0.2) is 0 Å². The summed E-state index contributed by atoms with van der Waals surface area (Å²) >= 11 is 0. The third-order valence-corrected chi connectivity index (χ3v) is 5.59. The van der Waals surface area contributed by atoms with Crippen LogP contribution in [0.3, 0.4) is 0 Å². The summed E-state index contributed by atoms with van der Waals surface area (Å²) < 4.78 is 1.52. The smallest absolute Gasteiger partial charge is 0.358 e. The van der Waals surface area contributed by atoms with E-state index in [-0.39, 0.29) is 5.54 Å².